The summed E-state index contributed by atoms with van der Waals surface area (Å²) >= 11 is 0. The van der Waals surface area contributed by atoms with E-state index in [4.69, 9.17) is 4.74 Å². The minimum atomic E-state index is -0.563. The van der Waals surface area contributed by atoms with Crippen molar-refractivity contribution in [1.82, 2.24) is 0 Å². The van der Waals surface area contributed by atoms with E-state index in [1.54, 1.807) is 0 Å². The summed E-state index contributed by atoms with van der Waals surface area (Å²) in [4.78, 5) is 9.86. The molecule has 0 aromatic rings. The summed E-state index contributed by atoms with van der Waals surface area (Å²) in [7, 11) is -0.563. The van der Waals surface area contributed by atoms with Crippen LogP contribution in [0.5, 0.6) is 0 Å². The van der Waals surface area contributed by atoms with Crippen LogP contribution in [0.1, 0.15) is 27.2 Å². The second-order valence-corrected chi connectivity index (χ2v) is 10.00. The highest BCUT2D eigenvalue weighted by Gasteiger charge is 2.26. The summed E-state index contributed by atoms with van der Waals surface area (Å²) < 4.78 is 10.3. The molecule has 0 fully saturated rings. The number of hydrogen-bond donors (Lipinski definition) is 0. The molecule has 4 heteroatoms. The quantitative estimate of drug-likeness (QED) is 0.490. The van der Waals surface area contributed by atoms with Crippen LogP contribution in [0.2, 0.25) is 0 Å². The molecule has 0 saturated heterocycles. The minimum Gasteiger partial charge on any atom is -0.465 e. The molecule has 0 radical (unpaired) electrons. The maximum absolute atomic E-state index is 9.86. The summed E-state index contributed by atoms with van der Waals surface area (Å²) in [5.74, 6) is 1.23. The molecular formula is C12H26O3S. The second-order valence-electron chi connectivity index (χ2n) is 5.29. The van der Waals surface area contributed by atoms with Gasteiger partial charge >= 0.3 is 0 Å². The van der Waals surface area contributed by atoms with Gasteiger partial charge in [0, 0.05) is 6.61 Å². The molecule has 0 aromatic heterocycles. The Balaban J connectivity index is 3.55. The number of hydrogen-bond acceptors (Lipinski definition) is 3. The summed E-state index contributed by atoms with van der Waals surface area (Å²) in [6.07, 6.45) is 5.84. The molecule has 98 valence electrons. The normalized spacial score (nSPS) is 13.6. The van der Waals surface area contributed by atoms with Crippen LogP contribution in [0.15, 0.2) is 0 Å². The molecule has 0 amide bonds. The summed E-state index contributed by atoms with van der Waals surface area (Å²) in [5.41, 5.74) is 0. The average Bonchev–Trinajstić information content (AvgIpc) is 2.14. The van der Waals surface area contributed by atoms with Crippen LogP contribution in [0.25, 0.3) is 0 Å². The molecular weight excluding hydrogens is 224 g/mol. The lowest BCUT2D eigenvalue weighted by Crippen LogP contribution is -2.26. The van der Waals surface area contributed by atoms with Gasteiger partial charge in [-0.1, -0.05) is 20.8 Å². The summed E-state index contributed by atoms with van der Waals surface area (Å²) in [5, 5.41) is 0. The summed E-state index contributed by atoms with van der Waals surface area (Å²) in [6.45, 7) is 9.00. The van der Waals surface area contributed by atoms with Crippen LogP contribution in [0, 0.1) is 0 Å². The van der Waals surface area contributed by atoms with Crippen molar-refractivity contribution in [2.45, 2.75) is 31.9 Å². The number of ether oxygens (including phenoxy) is 2. The third kappa shape index (κ3) is 6.38. The van der Waals surface area contributed by atoms with E-state index in [1.165, 1.54) is 5.75 Å². The van der Waals surface area contributed by atoms with Gasteiger partial charge in [-0.3, -0.25) is 4.79 Å². The van der Waals surface area contributed by atoms with Crippen LogP contribution >= 0.6 is 10.0 Å². The Morgan fingerprint density at radius 3 is 2.25 bits per heavy atom. The van der Waals surface area contributed by atoms with Gasteiger partial charge in [0.25, 0.3) is 6.47 Å². The number of carbonyl (C=O) groups excluding carboxylic acids is 1. The zero-order chi connectivity index (χ0) is 12.7. The van der Waals surface area contributed by atoms with Gasteiger partial charge in [0.1, 0.15) is 6.61 Å². The lowest BCUT2D eigenvalue weighted by molar-refractivity contribution is -0.130. The van der Waals surface area contributed by atoms with Crippen molar-refractivity contribution in [2.24, 2.45) is 0 Å². The Bertz CT molecular complexity index is 197. The fourth-order valence-electron chi connectivity index (χ4n) is 1.09. The zero-order valence-electron chi connectivity index (χ0n) is 11.2. The van der Waals surface area contributed by atoms with Crippen LogP contribution < -0.4 is 0 Å². The van der Waals surface area contributed by atoms with Crippen molar-refractivity contribution in [3.63, 3.8) is 0 Å². The third-order valence-electron chi connectivity index (χ3n) is 3.01. The largest absolute Gasteiger partial charge is 0.465 e. The molecule has 3 nitrogen and oxygen atoms in total. The molecule has 0 aliphatic carbocycles. The van der Waals surface area contributed by atoms with E-state index in [-0.39, 0.29) is 0 Å². The maximum Gasteiger partial charge on any atom is 0.293 e. The molecule has 0 aliphatic heterocycles. The van der Waals surface area contributed by atoms with Gasteiger partial charge in [0.15, 0.2) is 0 Å². The minimum absolute atomic E-state index is 0.360. The van der Waals surface area contributed by atoms with E-state index in [2.05, 4.69) is 38.0 Å². The third-order valence-corrected chi connectivity index (χ3v) is 7.64. The molecule has 0 aromatic carbocycles. The van der Waals surface area contributed by atoms with Crippen LogP contribution in [0.3, 0.4) is 0 Å². The van der Waals surface area contributed by atoms with Crippen molar-refractivity contribution in [2.75, 3.05) is 38.1 Å². The van der Waals surface area contributed by atoms with Gasteiger partial charge in [-0.05, 0) is 29.4 Å². The Hall–Kier alpha value is -0.220. The SMILES string of the molecule is CC(C)(C)S(C)(C)CCCOCCOC=O. The van der Waals surface area contributed by atoms with Crippen molar-refractivity contribution in [1.29, 1.82) is 0 Å². The van der Waals surface area contributed by atoms with Crippen LogP contribution in [-0.4, -0.2) is 49.3 Å². The Morgan fingerprint density at radius 2 is 1.75 bits per heavy atom. The highest BCUT2D eigenvalue weighted by atomic mass is 32.3. The highest BCUT2D eigenvalue weighted by molar-refractivity contribution is 8.33. The van der Waals surface area contributed by atoms with E-state index >= 15 is 0 Å². The van der Waals surface area contributed by atoms with Gasteiger partial charge in [0.05, 0.1) is 6.61 Å². The molecule has 0 rings (SSSR count). The van der Waals surface area contributed by atoms with Crippen molar-refractivity contribution in [3.8, 4) is 0 Å². The molecule has 0 saturated carbocycles. The first-order chi connectivity index (χ1) is 7.31. The van der Waals surface area contributed by atoms with Crippen molar-refractivity contribution in [3.05, 3.63) is 0 Å². The molecule has 0 N–H and O–H groups in total. The lowest BCUT2D eigenvalue weighted by atomic mass is 10.3. The van der Waals surface area contributed by atoms with Crippen LogP contribution in [-0.2, 0) is 14.3 Å². The standard InChI is InChI=1S/C12H26O3S/c1-12(2,3)16(4,5)10-6-7-14-8-9-15-11-13/h11H,6-10H2,1-5H3. The van der Waals surface area contributed by atoms with Crippen molar-refractivity contribution >= 4 is 16.5 Å². The van der Waals surface area contributed by atoms with Gasteiger partial charge in [-0.15, -0.1) is 0 Å². The Labute approximate surface area is 101 Å². The lowest BCUT2D eigenvalue weighted by Gasteiger charge is -2.44. The predicted molar refractivity (Wildman–Crippen MR) is 71.5 cm³/mol. The van der Waals surface area contributed by atoms with Gasteiger partial charge < -0.3 is 9.47 Å². The second kappa shape index (κ2) is 7.17. The highest BCUT2D eigenvalue weighted by Crippen LogP contribution is 2.52. The molecule has 0 heterocycles. The molecule has 0 unspecified atom stereocenters. The van der Waals surface area contributed by atoms with E-state index < -0.39 is 10.0 Å². The molecule has 0 spiro atoms. The smallest absolute Gasteiger partial charge is 0.293 e. The topological polar surface area (TPSA) is 35.5 Å². The molecule has 0 aliphatic rings. The Morgan fingerprint density at radius 1 is 1.12 bits per heavy atom. The van der Waals surface area contributed by atoms with Gasteiger partial charge in [-0.2, -0.15) is 0 Å². The molecule has 0 atom stereocenters. The van der Waals surface area contributed by atoms with E-state index in [9.17, 15) is 4.79 Å². The summed E-state index contributed by atoms with van der Waals surface area (Å²) in [6, 6.07) is 0. The Kier molecular flexibility index (Phi) is 7.07. The fraction of sp³-hybridized carbons (Fsp3) is 0.917. The van der Waals surface area contributed by atoms with Gasteiger partial charge in [0.2, 0.25) is 0 Å². The monoisotopic (exact) mass is 250 g/mol. The first-order valence-corrected chi connectivity index (χ1v) is 8.27. The van der Waals surface area contributed by atoms with E-state index in [0.717, 1.165) is 13.0 Å². The van der Waals surface area contributed by atoms with E-state index in [1.807, 2.05) is 0 Å². The number of rotatable bonds is 8. The fourth-order valence-corrected chi connectivity index (χ4v) is 2.54. The van der Waals surface area contributed by atoms with E-state index in [0.29, 0.717) is 24.4 Å². The number of carbonyl (C=O) groups is 1. The first kappa shape index (κ1) is 15.8. The molecule has 16 heavy (non-hydrogen) atoms. The van der Waals surface area contributed by atoms with Gasteiger partial charge in [-0.25, -0.2) is 10.0 Å². The zero-order valence-corrected chi connectivity index (χ0v) is 12.1. The first-order valence-electron chi connectivity index (χ1n) is 5.65. The van der Waals surface area contributed by atoms with Crippen molar-refractivity contribution < 1.29 is 14.3 Å². The maximum atomic E-state index is 9.86. The molecule has 0 bridgehead atoms. The predicted octanol–water partition coefficient (Wildman–Crippen LogP) is 2.43. The average molecular weight is 250 g/mol. The van der Waals surface area contributed by atoms with Crippen LogP contribution in [0.4, 0.5) is 0 Å².